The summed E-state index contributed by atoms with van der Waals surface area (Å²) < 4.78 is 17.0. The molecular formula is C21H31N3O6. The number of aromatic nitrogens is 2. The fourth-order valence-electron chi connectivity index (χ4n) is 4.76. The third-order valence-electron chi connectivity index (χ3n) is 6.14. The van der Waals surface area contributed by atoms with Crippen LogP contribution in [0.3, 0.4) is 0 Å². The lowest BCUT2D eigenvalue weighted by molar-refractivity contribution is -0.152. The summed E-state index contributed by atoms with van der Waals surface area (Å²) in [6.45, 7) is 5.42. The van der Waals surface area contributed by atoms with Gasteiger partial charge in [0.25, 0.3) is 0 Å². The minimum Gasteiger partial charge on any atom is -0.464 e. The Kier molecular flexibility index (Phi) is 7.33. The van der Waals surface area contributed by atoms with E-state index in [9.17, 15) is 14.4 Å². The van der Waals surface area contributed by atoms with Crippen LogP contribution in [0.5, 0.6) is 0 Å². The highest BCUT2D eigenvalue weighted by Crippen LogP contribution is 2.42. The highest BCUT2D eigenvalue weighted by molar-refractivity contribution is 5.86. The number of imidazole rings is 1. The van der Waals surface area contributed by atoms with Crippen LogP contribution in [0.25, 0.3) is 0 Å². The summed E-state index contributed by atoms with van der Waals surface area (Å²) >= 11 is 0. The number of fused-ring (bicyclic) bond motifs is 1. The van der Waals surface area contributed by atoms with Gasteiger partial charge in [0.05, 0.1) is 26.7 Å². The highest BCUT2D eigenvalue weighted by atomic mass is 16.6. The number of ether oxygens (including phenoxy) is 3. The van der Waals surface area contributed by atoms with Crippen molar-refractivity contribution in [1.29, 1.82) is 0 Å². The molecule has 9 nitrogen and oxygen atoms in total. The van der Waals surface area contributed by atoms with Gasteiger partial charge in [0.1, 0.15) is 6.04 Å². The number of rotatable bonds is 6. The van der Waals surface area contributed by atoms with E-state index in [4.69, 9.17) is 14.2 Å². The molecule has 3 rings (SSSR count). The first-order valence-electron chi connectivity index (χ1n) is 10.7. The molecule has 0 spiro atoms. The molecule has 0 bridgehead atoms. The molecule has 1 aromatic heterocycles. The number of piperidine rings is 1. The monoisotopic (exact) mass is 421 g/mol. The predicted molar refractivity (Wildman–Crippen MR) is 107 cm³/mol. The number of carbonyl (C=O) groups is 3. The lowest BCUT2D eigenvalue weighted by atomic mass is 9.69. The third-order valence-corrected chi connectivity index (χ3v) is 6.14. The maximum atomic E-state index is 12.5. The summed E-state index contributed by atoms with van der Waals surface area (Å²) in [5.41, 5.74) is 0.319. The Morgan fingerprint density at radius 3 is 2.57 bits per heavy atom. The predicted octanol–water partition coefficient (Wildman–Crippen LogP) is 2.50. The molecular weight excluding hydrogens is 390 g/mol. The van der Waals surface area contributed by atoms with Gasteiger partial charge in [-0.15, -0.1) is 0 Å². The maximum Gasteiger partial charge on any atom is 0.410 e. The Bertz CT molecular complexity index is 764. The molecule has 2 heterocycles. The molecule has 2 fully saturated rings. The number of likely N-dealkylation sites (tertiary alicyclic amines) is 1. The number of nitrogens with zero attached hydrogens (tertiary/aromatic N) is 3. The molecule has 0 N–H and O–H groups in total. The molecule has 0 aromatic carbocycles. The summed E-state index contributed by atoms with van der Waals surface area (Å²) in [7, 11) is 1.34. The molecule has 1 aromatic rings. The fourth-order valence-corrected chi connectivity index (χ4v) is 4.76. The van der Waals surface area contributed by atoms with E-state index in [1.165, 1.54) is 12.0 Å². The lowest BCUT2D eigenvalue weighted by Gasteiger charge is -2.46. The minimum atomic E-state index is -0.596. The second-order valence-electron chi connectivity index (χ2n) is 8.00. The van der Waals surface area contributed by atoms with Crippen LogP contribution in [0, 0.1) is 17.8 Å². The molecule has 2 aliphatic rings. The van der Waals surface area contributed by atoms with Gasteiger partial charge in [0.2, 0.25) is 0 Å². The molecule has 1 saturated heterocycles. The van der Waals surface area contributed by atoms with Crippen LogP contribution in [0.4, 0.5) is 4.79 Å². The second-order valence-corrected chi connectivity index (χ2v) is 8.00. The minimum absolute atomic E-state index is 0.282. The molecule has 1 aliphatic carbocycles. The molecule has 4 atom stereocenters. The Labute approximate surface area is 176 Å². The zero-order chi connectivity index (χ0) is 21.7. The van der Waals surface area contributed by atoms with Crippen LogP contribution in [0.1, 0.15) is 50.0 Å². The smallest absolute Gasteiger partial charge is 0.410 e. The lowest BCUT2D eigenvalue weighted by Crippen LogP contribution is -2.55. The van der Waals surface area contributed by atoms with Crippen molar-refractivity contribution in [3.8, 4) is 0 Å². The third kappa shape index (κ3) is 4.94. The molecule has 1 amide bonds. The Morgan fingerprint density at radius 2 is 1.87 bits per heavy atom. The van der Waals surface area contributed by atoms with Crippen molar-refractivity contribution in [3.63, 3.8) is 0 Å². The summed E-state index contributed by atoms with van der Waals surface area (Å²) in [6.07, 6.45) is 6.48. The second kappa shape index (κ2) is 9.95. The van der Waals surface area contributed by atoms with E-state index < -0.39 is 18.1 Å². The average molecular weight is 421 g/mol. The molecule has 1 saturated carbocycles. The van der Waals surface area contributed by atoms with Crippen molar-refractivity contribution in [3.05, 3.63) is 18.2 Å². The van der Waals surface area contributed by atoms with Crippen LogP contribution in [0.2, 0.25) is 0 Å². The normalized spacial score (nSPS) is 25.9. The van der Waals surface area contributed by atoms with Gasteiger partial charge in [-0.05, 0) is 57.3 Å². The standard InChI is InChI=1S/C21H31N3O6/c1-4-29-19(25)17-12-23(13-22-17)10-14-6-7-15-11-24(21(27)28-3)18(9-16(15)8-14)20(26)30-5-2/h12-16,18H,4-11H2,1-3H3/t14-,15-,16+,18-/m0/s1. The number of esters is 2. The Morgan fingerprint density at radius 1 is 1.10 bits per heavy atom. The van der Waals surface area contributed by atoms with Crippen molar-refractivity contribution in [1.82, 2.24) is 14.5 Å². The van der Waals surface area contributed by atoms with E-state index in [1.807, 2.05) is 4.57 Å². The van der Waals surface area contributed by atoms with Crippen molar-refractivity contribution in [2.75, 3.05) is 26.9 Å². The van der Waals surface area contributed by atoms with E-state index in [0.717, 1.165) is 25.8 Å². The van der Waals surface area contributed by atoms with Crippen molar-refractivity contribution in [2.45, 2.75) is 52.1 Å². The summed E-state index contributed by atoms with van der Waals surface area (Å²) in [4.78, 5) is 42.2. The van der Waals surface area contributed by atoms with Crippen LogP contribution in [-0.2, 0) is 25.5 Å². The number of hydrogen-bond donors (Lipinski definition) is 0. The quantitative estimate of drug-likeness (QED) is 0.514. The van der Waals surface area contributed by atoms with Crippen LogP contribution < -0.4 is 0 Å². The summed E-state index contributed by atoms with van der Waals surface area (Å²) in [6, 6.07) is -0.596. The van der Waals surface area contributed by atoms with E-state index in [1.54, 1.807) is 26.4 Å². The average Bonchev–Trinajstić information content (AvgIpc) is 3.21. The van der Waals surface area contributed by atoms with Crippen LogP contribution in [-0.4, -0.2) is 65.4 Å². The summed E-state index contributed by atoms with van der Waals surface area (Å²) in [5.74, 6) is 0.337. The highest BCUT2D eigenvalue weighted by Gasteiger charge is 2.44. The van der Waals surface area contributed by atoms with Gasteiger partial charge >= 0.3 is 18.0 Å². The Hall–Kier alpha value is -2.58. The molecule has 30 heavy (non-hydrogen) atoms. The van der Waals surface area contributed by atoms with Crippen molar-refractivity contribution in [2.24, 2.45) is 17.8 Å². The SMILES string of the molecule is CCOC(=O)c1cn(C[C@H]2CC[C@H]3CN(C(=O)OC)[C@H](C(=O)OCC)C[C@H]3C2)cn1. The maximum absolute atomic E-state index is 12.5. The fraction of sp³-hybridized carbons (Fsp3) is 0.714. The van der Waals surface area contributed by atoms with Crippen molar-refractivity contribution < 1.29 is 28.6 Å². The molecule has 1 aliphatic heterocycles. The molecule has 0 radical (unpaired) electrons. The van der Waals surface area contributed by atoms with Gasteiger partial charge in [0, 0.05) is 19.3 Å². The number of amides is 1. The zero-order valence-corrected chi connectivity index (χ0v) is 17.9. The number of hydrogen-bond acceptors (Lipinski definition) is 7. The largest absolute Gasteiger partial charge is 0.464 e. The molecule has 0 unspecified atom stereocenters. The first kappa shape index (κ1) is 22.1. The number of carbonyl (C=O) groups excluding carboxylic acids is 3. The van der Waals surface area contributed by atoms with Gasteiger partial charge < -0.3 is 18.8 Å². The zero-order valence-electron chi connectivity index (χ0n) is 17.9. The summed E-state index contributed by atoms with van der Waals surface area (Å²) in [5, 5.41) is 0. The van der Waals surface area contributed by atoms with Gasteiger partial charge in [-0.2, -0.15) is 0 Å². The van der Waals surface area contributed by atoms with Gasteiger partial charge in [0.15, 0.2) is 5.69 Å². The van der Waals surface area contributed by atoms with Gasteiger partial charge in [-0.1, -0.05) is 0 Å². The van der Waals surface area contributed by atoms with E-state index in [0.29, 0.717) is 43.0 Å². The Balaban J connectivity index is 1.64. The number of methoxy groups -OCH3 is 1. The van der Waals surface area contributed by atoms with Crippen molar-refractivity contribution >= 4 is 18.0 Å². The van der Waals surface area contributed by atoms with E-state index >= 15 is 0 Å². The first-order valence-corrected chi connectivity index (χ1v) is 10.7. The van der Waals surface area contributed by atoms with E-state index in [-0.39, 0.29) is 12.6 Å². The van der Waals surface area contributed by atoms with E-state index in [2.05, 4.69) is 4.98 Å². The van der Waals surface area contributed by atoms with Crippen LogP contribution >= 0.6 is 0 Å². The first-order chi connectivity index (χ1) is 14.5. The molecule has 9 heteroatoms. The van der Waals surface area contributed by atoms with Gasteiger partial charge in [-0.3, -0.25) is 4.90 Å². The molecule has 166 valence electrons. The van der Waals surface area contributed by atoms with Crippen LogP contribution in [0.15, 0.2) is 12.5 Å². The van der Waals surface area contributed by atoms with Gasteiger partial charge in [-0.25, -0.2) is 19.4 Å². The topological polar surface area (TPSA) is 100.0 Å².